The molecule has 0 aliphatic carbocycles. The van der Waals surface area contributed by atoms with E-state index in [0.29, 0.717) is 6.61 Å². The summed E-state index contributed by atoms with van der Waals surface area (Å²) < 4.78 is 18.4. The van der Waals surface area contributed by atoms with Crippen molar-refractivity contribution >= 4 is 29.9 Å². The zero-order valence-corrected chi connectivity index (χ0v) is 16.4. The number of nitrogens with zero attached hydrogens (tertiary/aromatic N) is 1. The van der Waals surface area contributed by atoms with E-state index in [9.17, 15) is 9.50 Å². The standard InChI is InChI=1S/C17H26FN3O2.HI/c1-19-16(20-9-6-14-2-4-15(18)5-3-14)21-12-17(7-10-22)8-11-23-13-17;/h2-5,22H,6-13H2,1H3,(H2,19,20,21);1H. The van der Waals surface area contributed by atoms with Crippen molar-refractivity contribution in [2.75, 3.05) is 40.0 Å². The molecule has 2 rings (SSSR count). The van der Waals surface area contributed by atoms with Crippen LogP contribution in [0.3, 0.4) is 0 Å². The van der Waals surface area contributed by atoms with E-state index in [1.54, 1.807) is 19.2 Å². The van der Waals surface area contributed by atoms with Crippen molar-refractivity contribution in [1.82, 2.24) is 10.6 Å². The van der Waals surface area contributed by atoms with Gasteiger partial charge in [-0.2, -0.15) is 0 Å². The number of hydrogen-bond acceptors (Lipinski definition) is 3. The van der Waals surface area contributed by atoms with Crippen LogP contribution in [0.4, 0.5) is 4.39 Å². The average molecular weight is 451 g/mol. The first-order valence-corrected chi connectivity index (χ1v) is 8.05. The molecule has 1 fully saturated rings. The molecule has 136 valence electrons. The SMILES string of the molecule is CN=C(NCCc1ccc(F)cc1)NCC1(CCO)CCOC1.I. The quantitative estimate of drug-likeness (QED) is 0.337. The lowest BCUT2D eigenvalue weighted by Gasteiger charge is -2.27. The van der Waals surface area contributed by atoms with Crippen LogP contribution in [0.5, 0.6) is 0 Å². The van der Waals surface area contributed by atoms with E-state index in [-0.39, 0.29) is 41.8 Å². The van der Waals surface area contributed by atoms with Gasteiger partial charge in [0.05, 0.1) is 6.61 Å². The summed E-state index contributed by atoms with van der Waals surface area (Å²) in [4.78, 5) is 4.22. The highest BCUT2D eigenvalue weighted by molar-refractivity contribution is 14.0. The largest absolute Gasteiger partial charge is 0.396 e. The van der Waals surface area contributed by atoms with E-state index >= 15 is 0 Å². The van der Waals surface area contributed by atoms with Crippen LogP contribution >= 0.6 is 24.0 Å². The lowest BCUT2D eigenvalue weighted by Crippen LogP contribution is -2.45. The van der Waals surface area contributed by atoms with Crippen LogP contribution in [0.1, 0.15) is 18.4 Å². The van der Waals surface area contributed by atoms with Crippen LogP contribution in [0.2, 0.25) is 0 Å². The monoisotopic (exact) mass is 451 g/mol. The number of aliphatic hydroxyl groups is 1. The Labute approximate surface area is 160 Å². The van der Waals surface area contributed by atoms with Crippen molar-refractivity contribution in [1.29, 1.82) is 0 Å². The van der Waals surface area contributed by atoms with Gasteiger partial charge in [-0.25, -0.2) is 4.39 Å². The zero-order valence-electron chi connectivity index (χ0n) is 14.1. The fraction of sp³-hybridized carbons (Fsp3) is 0.588. The highest BCUT2D eigenvalue weighted by Gasteiger charge is 2.34. The highest BCUT2D eigenvalue weighted by atomic mass is 127. The number of halogens is 2. The van der Waals surface area contributed by atoms with Gasteiger partial charge in [0.1, 0.15) is 5.82 Å². The molecular weight excluding hydrogens is 424 g/mol. The summed E-state index contributed by atoms with van der Waals surface area (Å²) in [6.07, 6.45) is 2.48. The maximum Gasteiger partial charge on any atom is 0.191 e. The van der Waals surface area contributed by atoms with Gasteiger partial charge < -0.3 is 20.5 Å². The Morgan fingerprint density at radius 2 is 2.08 bits per heavy atom. The molecule has 0 amide bonds. The molecular formula is C17H27FIN3O2. The first-order valence-electron chi connectivity index (χ1n) is 8.05. The summed E-state index contributed by atoms with van der Waals surface area (Å²) >= 11 is 0. The molecule has 1 unspecified atom stereocenters. The third kappa shape index (κ3) is 6.52. The zero-order chi connectivity index (χ0) is 16.5. The second kappa shape index (κ2) is 10.8. The molecule has 7 heteroatoms. The van der Waals surface area contributed by atoms with Gasteiger partial charge in [-0.1, -0.05) is 12.1 Å². The average Bonchev–Trinajstić information content (AvgIpc) is 3.02. The Morgan fingerprint density at radius 3 is 2.67 bits per heavy atom. The molecule has 0 radical (unpaired) electrons. The molecule has 3 N–H and O–H groups in total. The first kappa shape index (κ1) is 21.1. The molecule has 0 spiro atoms. The molecule has 24 heavy (non-hydrogen) atoms. The Bertz CT molecular complexity index is 505. The van der Waals surface area contributed by atoms with Crippen molar-refractivity contribution in [3.63, 3.8) is 0 Å². The number of hydrogen-bond donors (Lipinski definition) is 3. The Kier molecular flexibility index (Phi) is 9.53. The summed E-state index contributed by atoms with van der Waals surface area (Å²) in [5.41, 5.74) is 1.07. The van der Waals surface area contributed by atoms with Crippen molar-refractivity contribution in [3.05, 3.63) is 35.6 Å². The summed E-state index contributed by atoms with van der Waals surface area (Å²) in [5, 5.41) is 15.8. The molecule has 5 nitrogen and oxygen atoms in total. The molecule has 1 aromatic carbocycles. The maximum absolute atomic E-state index is 12.9. The van der Waals surface area contributed by atoms with Crippen molar-refractivity contribution < 1.29 is 14.2 Å². The molecule has 1 atom stereocenters. The molecule has 0 saturated carbocycles. The van der Waals surface area contributed by atoms with Gasteiger partial charge in [-0.15, -0.1) is 24.0 Å². The molecule has 0 aromatic heterocycles. The number of nitrogens with one attached hydrogen (secondary N) is 2. The second-order valence-corrected chi connectivity index (χ2v) is 6.01. The van der Waals surface area contributed by atoms with E-state index < -0.39 is 0 Å². The van der Waals surface area contributed by atoms with Crippen molar-refractivity contribution in [3.8, 4) is 0 Å². The molecule has 1 heterocycles. The molecule has 1 aliphatic heterocycles. The summed E-state index contributed by atoms with van der Waals surface area (Å²) in [6, 6.07) is 6.53. The van der Waals surface area contributed by atoms with Crippen molar-refractivity contribution in [2.45, 2.75) is 19.3 Å². The Morgan fingerprint density at radius 1 is 1.33 bits per heavy atom. The fourth-order valence-electron chi connectivity index (χ4n) is 2.78. The maximum atomic E-state index is 12.9. The topological polar surface area (TPSA) is 65.9 Å². The first-order chi connectivity index (χ1) is 11.2. The van der Waals surface area contributed by atoms with Crippen LogP contribution < -0.4 is 10.6 Å². The van der Waals surface area contributed by atoms with Crippen LogP contribution in [0.15, 0.2) is 29.3 Å². The Balaban J connectivity index is 0.00000288. The minimum absolute atomic E-state index is 0. The predicted octanol–water partition coefficient (Wildman–Crippen LogP) is 1.94. The fourth-order valence-corrected chi connectivity index (χ4v) is 2.78. The van der Waals surface area contributed by atoms with Crippen LogP contribution in [0.25, 0.3) is 0 Å². The van der Waals surface area contributed by atoms with Gasteiger partial charge >= 0.3 is 0 Å². The van der Waals surface area contributed by atoms with Crippen LogP contribution in [-0.2, 0) is 11.2 Å². The number of aliphatic imine (C=N–C) groups is 1. The van der Waals surface area contributed by atoms with Gasteiger partial charge in [0.2, 0.25) is 0 Å². The second-order valence-electron chi connectivity index (χ2n) is 6.01. The van der Waals surface area contributed by atoms with Gasteiger partial charge in [-0.3, -0.25) is 4.99 Å². The van der Waals surface area contributed by atoms with Crippen LogP contribution in [0, 0.1) is 11.2 Å². The van der Waals surface area contributed by atoms with E-state index in [1.165, 1.54) is 12.1 Å². The summed E-state index contributed by atoms with van der Waals surface area (Å²) in [6.45, 7) is 3.03. The lowest BCUT2D eigenvalue weighted by atomic mass is 9.84. The molecule has 0 bridgehead atoms. The van der Waals surface area contributed by atoms with E-state index in [4.69, 9.17) is 4.74 Å². The van der Waals surface area contributed by atoms with Crippen LogP contribution in [-0.4, -0.2) is 51.0 Å². The van der Waals surface area contributed by atoms with Gasteiger partial charge in [0.15, 0.2) is 5.96 Å². The number of benzene rings is 1. The third-order valence-electron chi connectivity index (χ3n) is 4.30. The molecule has 1 saturated heterocycles. The van der Waals surface area contributed by atoms with Crippen molar-refractivity contribution in [2.24, 2.45) is 10.4 Å². The van der Waals surface area contributed by atoms with E-state index in [2.05, 4.69) is 15.6 Å². The molecule has 1 aliphatic rings. The number of ether oxygens (including phenoxy) is 1. The minimum atomic E-state index is -0.216. The van der Waals surface area contributed by atoms with E-state index in [1.807, 2.05) is 0 Å². The summed E-state index contributed by atoms with van der Waals surface area (Å²) in [5.74, 6) is 0.517. The van der Waals surface area contributed by atoms with E-state index in [0.717, 1.165) is 50.5 Å². The third-order valence-corrected chi connectivity index (χ3v) is 4.30. The number of aliphatic hydroxyl groups excluding tert-OH is 1. The normalized spacial score (nSPS) is 20.5. The Hall–Kier alpha value is -0.930. The highest BCUT2D eigenvalue weighted by Crippen LogP contribution is 2.31. The number of rotatable bonds is 7. The lowest BCUT2D eigenvalue weighted by molar-refractivity contribution is 0.127. The predicted molar refractivity (Wildman–Crippen MR) is 104 cm³/mol. The molecule has 1 aromatic rings. The summed E-state index contributed by atoms with van der Waals surface area (Å²) in [7, 11) is 1.73. The van der Waals surface area contributed by atoms with Gasteiger partial charge in [-0.05, 0) is 37.0 Å². The smallest absolute Gasteiger partial charge is 0.191 e. The van der Waals surface area contributed by atoms with Gasteiger partial charge in [0, 0.05) is 38.8 Å². The van der Waals surface area contributed by atoms with Gasteiger partial charge in [0.25, 0.3) is 0 Å². The number of guanidine groups is 1. The minimum Gasteiger partial charge on any atom is -0.396 e.